The molecule has 2 aromatic rings. The van der Waals surface area contributed by atoms with Crippen molar-refractivity contribution in [2.24, 2.45) is 0 Å². The molecule has 1 aromatic heterocycles. The van der Waals surface area contributed by atoms with E-state index in [0.717, 1.165) is 25.2 Å². The molecule has 11 heteroatoms. The fraction of sp³-hybridized carbons (Fsp3) is 0.474. The minimum absolute atomic E-state index is 0.0160. The third-order valence-corrected chi connectivity index (χ3v) is 5.38. The molecule has 1 aliphatic heterocycles. The second-order valence-electron chi connectivity index (χ2n) is 6.48. The molecule has 0 bridgehead atoms. The van der Waals surface area contributed by atoms with Gasteiger partial charge in [-0.05, 0) is 31.2 Å². The molecule has 2 heterocycles. The standard InChI is InChI=1S/C19H24FN5O4S/c1-2-29-19(27)21-16(26)13-30-18-23-22-17(14-3-5-15(20)6-4-14)25(18)8-7-24-9-11-28-12-10-24/h3-6H,2,7-13H2,1H3,(H,21,26,27). The van der Waals surface area contributed by atoms with Gasteiger partial charge in [-0.25, -0.2) is 9.18 Å². The molecule has 3 rings (SSSR count). The maximum Gasteiger partial charge on any atom is 0.413 e. The molecule has 9 nitrogen and oxygen atoms in total. The van der Waals surface area contributed by atoms with Gasteiger partial charge >= 0.3 is 6.09 Å². The highest BCUT2D eigenvalue weighted by molar-refractivity contribution is 7.99. The number of thioether (sulfide) groups is 1. The summed E-state index contributed by atoms with van der Waals surface area (Å²) in [5.41, 5.74) is 0.730. The fourth-order valence-electron chi connectivity index (χ4n) is 2.92. The van der Waals surface area contributed by atoms with E-state index in [-0.39, 0.29) is 18.2 Å². The van der Waals surface area contributed by atoms with E-state index in [1.807, 2.05) is 4.57 Å². The van der Waals surface area contributed by atoms with Crippen molar-refractivity contribution in [3.8, 4) is 11.4 Å². The van der Waals surface area contributed by atoms with Crippen molar-refractivity contribution in [3.05, 3.63) is 30.1 Å². The molecule has 2 amide bonds. The smallest absolute Gasteiger partial charge is 0.413 e. The van der Waals surface area contributed by atoms with Crippen LogP contribution in [0.2, 0.25) is 0 Å². The lowest BCUT2D eigenvalue weighted by molar-refractivity contribution is -0.117. The van der Waals surface area contributed by atoms with Crippen molar-refractivity contribution in [1.29, 1.82) is 0 Å². The minimum Gasteiger partial charge on any atom is -0.450 e. The highest BCUT2D eigenvalue weighted by Gasteiger charge is 2.18. The molecule has 0 radical (unpaired) electrons. The fourth-order valence-corrected chi connectivity index (χ4v) is 3.69. The number of halogens is 1. The molecular weight excluding hydrogens is 413 g/mol. The number of aromatic nitrogens is 3. The van der Waals surface area contributed by atoms with E-state index >= 15 is 0 Å². The molecule has 0 spiro atoms. The number of hydrogen-bond acceptors (Lipinski definition) is 8. The summed E-state index contributed by atoms with van der Waals surface area (Å²) in [4.78, 5) is 25.6. The van der Waals surface area contributed by atoms with E-state index in [1.165, 1.54) is 23.9 Å². The van der Waals surface area contributed by atoms with Crippen LogP contribution in [0.3, 0.4) is 0 Å². The lowest BCUT2D eigenvalue weighted by atomic mass is 10.2. The van der Waals surface area contributed by atoms with Gasteiger partial charge in [0.15, 0.2) is 11.0 Å². The lowest BCUT2D eigenvalue weighted by Gasteiger charge is -2.27. The van der Waals surface area contributed by atoms with Crippen LogP contribution >= 0.6 is 11.8 Å². The summed E-state index contributed by atoms with van der Waals surface area (Å²) in [5.74, 6) is -0.234. The Morgan fingerprint density at radius 1 is 1.20 bits per heavy atom. The molecule has 0 saturated carbocycles. The van der Waals surface area contributed by atoms with E-state index in [9.17, 15) is 14.0 Å². The molecule has 0 aliphatic carbocycles. The Kier molecular flexibility index (Phi) is 8.17. The van der Waals surface area contributed by atoms with Crippen LogP contribution in [0.4, 0.5) is 9.18 Å². The molecule has 1 aliphatic rings. The van der Waals surface area contributed by atoms with E-state index in [0.29, 0.717) is 30.7 Å². The average molecular weight is 437 g/mol. The number of amides is 2. The molecule has 1 fully saturated rings. The molecule has 1 aromatic carbocycles. The monoisotopic (exact) mass is 437 g/mol. The Morgan fingerprint density at radius 2 is 1.93 bits per heavy atom. The predicted octanol–water partition coefficient (Wildman–Crippen LogP) is 1.78. The number of alkyl carbamates (subject to hydrolysis) is 1. The topological polar surface area (TPSA) is 98.6 Å². The minimum atomic E-state index is -0.774. The summed E-state index contributed by atoms with van der Waals surface area (Å²) < 4.78 is 25.3. The summed E-state index contributed by atoms with van der Waals surface area (Å²) in [5, 5.41) is 11.2. The van der Waals surface area contributed by atoms with Gasteiger partial charge in [0.1, 0.15) is 5.82 Å². The third kappa shape index (κ3) is 6.25. The van der Waals surface area contributed by atoms with Crippen LogP contribution in [-0.4, -0.2) is 76.9 Å². The first-order chi connectivity index (χ1) is 14.6. The summed E-state index contributed by atoms with van der Waals surface area (Å²) in [6.45, 7) is 6.29. The summed E-state index contributed by atoms with van der Waals surface area (Å²) in [6.07, 6.45) is -0.774. The van der Waals surface area contributed by atoms with E-state index in [4.69, 9.17) is 9.47 Å². The second kappa shape index (κ2) is 11.0. The number of carbonyl (C=O) groups is 2. The van der Waals surface area contributed by atoms with Crippen molar-refractivity contribution in [2.45, 2.75) is 18.6 Å². The highest BCUT2D eigenvalue weighted by atomic mass is 32.2. The molecule has 162 valence electrons. The first kappa shape index (κ1) is 22.2. The van der Waals surface area contributed by atoms with Gasteiger partial charge in [0.2, 0.25) is 5.91 Å². The average Bonchev–Trinajstić information content (AvgIpc) is 3.15. The maximum atomic E-state index is 13.3. The largest absolute Gasteiger partial charge is 0.450 e. The molecular formula is C19H24FN5O4S. The van der Waals surface area contributed by atoms with Gasteiger partial charge in [0.05, 0.1) is 25.6 Å². The Hall–Kier alpha value is -2.50. The number of nitrogens with zero attached hydrogens (tertiary/aromatic N) is 4. The van der Waals surface area contributed by atoms with E-state index in [1.54, 1.807) is 19.1 Å². The zero-order valence-electron chi connectivity index (χ0n) is 16.7. The molecule has 1 saturated heterocycles. The lowest BCUT2D eigenvalue weighted by Crippen LogP contribution is -2.38. The van der Waals surface area contributed by atoms with Crippen LogP contribution in [0.5, 0.6) is 0 Å². The van der Waals surface area contributed by atoms with Gasteiger partial charge < -0.3 is 14.0 Å². The molecule has 0 unspecified atom stereocenters. The number of nitrogens with one attached hydrogen (secondary N) is 1. The number of morpholine rings is 1. The van der Waals surface area contributed by atoms with Gasteiger partial charge in [-0.3, -0.25) is 15.0 Å². The summed E-state index contributed by atoms with van der Waals surface area (Å²) in [7, 11) is 0. The van der Waals surface area contributed by atoms with Crippen molar-refractivity contribution in [2.75, 3.05) is 45.2 Å². The third-order valence-electron chi connectivity index (χ3n) is 4.41. The second-order valence-corrected chi connectivity index (χ2v) is 7.42. The molecule has 0 atom stereocenters. The Balaban J connectivity index is 1.71. The number of imide groups is 1. The van der Waals surface area contributed by atoms with E-state index < -0.39 is 12.0 Å². The number of ether oxygens (including phenoxy) is 2. The quantitative estimate of drug-likeness (QED) is 0.624. The number of hydrogen-bond donors (Lipinski definition) is 1. The van der Waals surface area contributed by atoms with Crippen LogP contribution in [0.25, 0.3) is 11.4 Å². The van der Waals surface area contributed by atoms with Gasteiger partial charge in [-0.2, -0.15) is 0 Å². The van der Waals surface area contributed by atoms with E-state index in [2.05, 4.69) is 20.4 Å². The van der Waals surface area contributed by atoms with Gasteiger partial charge in [-0.1, -0.05) is 11.8 Å². The zero-order valence-corrected chi connectivity index (χ0v) is 17.5. The summed E-state index contributed by atoms with van der Waals surface area (Å²) in [6, 6.07) is 6.03. The van der Waals surface area contributed by atoms with Crippen molar-refractivity contribution < 1.29 is 23.5 Å². The van der Waals surface area contributed by atoms with Crippen molar-refractivity contribution >= 4 is 23.8 Å². The van der Waals surface area contributed by atoms with Crippen LogP contribution in [0.15, 0.2) is 29.4 Å². The Bertz CT molecular complexity index is 855. The van der Waals surface area contributed by atoms with Crippen LogP contribution < -0.4 is 5.32 Å². The normalized spacial score (nSPS) is 14.5. The highest BCUT2D eigenvalue weighted by Crippen LogP contribution is 2.24. The van der Waals surface area contributed by atoms with Crippen molar-refractivity contribution in [1.82, 2.24) is 25.0 Å². The van der Waals surface area contributed by atoms with Crippen molar-refractivity contribution in [3.63, 3.8) is 0 Å². The Labute approximate surface area is 177 Å². The molecule has 30 heavy (non-hydrogen) atoms. The number of carbonyl (C=O) groups excluding carboxylic acids is 2. The number of rotatable bonds is 8. The zero-order chi connectivity index (χ0) is 21.3. The predicted molar refractivity (Wildman–Crippen MR) is 109 cm³/mol. The van der Waals surface area contributed by atoms with Crippen LogP contribution in [-0.2, 0) is 20.8 Å². The van der Waals surface area contributed by atoms with Crippen LogP contribution in [0, 0.1) is 5.82 Å². The summed E-state index contributed by atoms with van der Waals surface area (Å²) >= 11 is 1.17. The Morgan fingerprint density at radius 3 is 2.63 bits per heavy atom. The first-order valence-electron chi connectivity index (χ1n) is 9.65. The van der Waals surface area contributed by atoms with Crippen LogP contribution in [0.1, 0.15) is 6.92 Å². The van der Waals surface area contributed by atoms with Gasteiger partial charge in [-0.15, -0.1) is 10.2 Å². The van der Waals surface area contributed by atoms with Gasteiger partial charge in [0, 0.05) is 31.7 Å². The maximum absolute atomic E-state index is 13.3. The van der Waals surface area contributed by atoms with Gasteiger partial charge in [0.25, 0.3) is 0 Å². The molecule has 1 N–H and O–H groups in total. The first-order valence-corrected chi connectivity index (χ1v) is 10.6. The SMILES string of the molecule is CCOC(=O)NC(=O)CSc1nnc(-c2ccc(F)cc2)n1CCN1CCOCC1. The number of benzene rings is 1.